The second-order valence-electron chi connectivity index (χ2n) is 12.2. The van der Waals surface area contributed by atoms with E-state index in [4.69, 9.17) is 4.74 Å². The maximum absolute atomic E-state index is 14.5. The number of alkyl halides is 1. The second-order valence-corrected chi connectivity index (χ2v) is 13.5. The summed E-state index contributed by atoms with van der Waals surface area (Å²) in [6.45, 7) is 8.38. The van der Waals surface area contributed by atoms with Crippen molar-refractivity contribution in [3.05, 3.63) is 124 Å². The van der Waals surface area contributed by atoms with E-state index in [0.717, 1.165) is 33.6 Å². The van der Waals surface area contributed by atoms with Crippen LogP contribution >= 0.6 is 15.9 Å². The molecular formula is C39H37BrF2O. The number of halogens is 3. The Kier molecular flexibility index (Phi) is 8.42. The van der Waals surface area contributed by atoms with Crippen LogP contribution in [0.2, 0.25) is 0 Å². The molecule has 1 saturated carbocycles. The van der Waals surface area contributed by atoms with Crippen LogP contribution in [0.5, 0.6) is 5.75 Å². The van der Waals surface area contributed by atoms with Crippen molar-refractivity contribution in [2.45, 2.75) is 70.7 Å². The van der Waals surface area contributed by atoms with Gasteiger partial charge in [-0.1, -0.05) is 70.5 Å². The van der Waals surface area contributed by atoms with E-state index in [0.29, 0.717) is 28.1 Å². The number of rotatable bonds is 6. The molecule has 0 radical (unpaired) electrons. The van der Waals surface area contributed by atoms with Crippen molar-refractivity contribution in [3.63, 3.8) is 0 Å². The summed E-state index contributed by atoms with van der Waals surface area (Å²) in [6.07, 6.45) is 5.02. The van der Waals surface area contributed by atoms with Gasteiger partial charge in [-0.15, -0.1) is 0 Å². The van der Waals surface area contributed by atoms with E-state index in [2.05, 4.69) is 67.0 Å². The van der Waals surface area contributed by atoms with Crippen LogP contribution in [0.25, 0.3) is 33.0 Å². The molecule has 1 fully saturated rings. The van der Waals surface area contributed by atoms with Crippen LogP contribution in [0.15, 0.2) is 78.9 Å². The summed E-state index contributed by atoms with van der Waals surface area (Å²) in [4.78, 5) is 0.677. The minimum atomic E-state index is -0.524. The van der Waals surface area contributed by atoms with Gasteiger partial charge in [0.05, 0.1) is 0 Å². The Balaban J connectivity index is 1.15. The summed E-state index contributed by atoms with van der Waals surface area (Å²) in [5.74, 6) is 0.566. The maximum Gasteiger partial charge on any atom is 0.136 e. The largest absolute Gasteiger partial charge is 0.488 e. The van der Waals surface area contributed by atoms with E-state index in [-0.39, 0.29) is 5.56 Å². The fourth-order valence-electron chi connectivity index (χ4n) is 6.55. The van der Waals surface area contributed by atoms with Crippen LogP contribution in [-0.2, 0) is 6.61 Å². The normalized spacial score (nSPS) is 16.9. The molecule has 1 nitrogen and oxygen atoms in total. The molecule has 1 aliphatic rings. The van der Waals surface area contributed by atoms with Crippen molar-refractivity contribution >= 4 is 26.7 Å². The molecule has 0 aromatic heterocycles. The van der Waals surface area contributed by atoms with E-state index in [1.807, 2.05) is 36.4 Å². The third-order valence-electron chi connectivity index (χ3n) is 9.08. The SMILES string of the molecule is Cc1cc(C2CCC(Br)CC2)ccc1-c1cc(C)c(OCc2ccc(-c3ccc4c(F)c(C)c(F)cc4c3)cc2)c(C)c1. The lowest BCUT2D eigenvalue weighted by Gasteiger charge is -2.26. The first-order chi connectivity index (χ1) is 20.7. The molecule has 43 heavy (non-hydrogen) atoms. The van der Waals surface area contributed by atoms with Crippen molar-refractivity contribution in [2.75, 3.05) is 0 Å². The van der Waals surface area contributed by atoms with Gasteiger partial charge in [-0.05, 0) is 139 Å². The lowest BCUT2D eigenvalue weighted by Crippen LogP contribution is -2.12. The molecule has 6 rings (SSSR count). The van der Waals surface area contributed by atoms with Crippen molar-refractivity contribution in [1.29, 1.82) is 0 Å². The first-order valence-electron chi connectivity index (χ1n) is 15.1. The number of aryl methyl sites for hydroxylation is 3. The van der Waals surface area contributed by atoms with Gasteiger partial charge < -0.3 is 4.74 Å². The van der Waals surface area contributed by atoms with Crippen LogP contribution in [0, 0.1) is 39.3 Å². The van der Waals surface area contributed by atoms with Crippen LogP contribution < -0.4 is 4.74 Å². The Morgan fingerprint density at radius 1 is 0.698 bits per heavy atom. The van der Waals surface area contributed by atoms with Crippen LogP contribution in [-0.4, -0.2) is 4.83 Å². The van der Waals surface area contributed by atoms with E-state index < -0.39 is 11.6 Å². The number of hydrogen-bond acceptors (Lipinski definition) is 1. The van der Waals surface area contributed by atoms with Gasteiger partial charge in [0.2, 0.25) is 0 Å². The first kappa shape index (κ1) is 29.6. The molecule has 0 bridgehead atoms. The van der Waals surface area contributed by atoms with Gasteiger partial charge in [-0.2, -0.15) is 0 Å². The molecule has 4 heteroatoms. The predicted molar refractivity (Wildman–Crippen MR) is 178 cm³/mol. The van der Waals surface area contributed by atoms with E-state index >= 15 is 0 Å². The molecule has 5 aromatic rings. The summed E-state index contributed by atoms with van der Waals surface area (Å²) >= 11 is 3.78. The van der Waals surface area contributed by atoms with Crippen molar-refractivity contribution < 1.29 is 13.5 Å². The fourth-order valence-corrected chi connectivity index (χ4v) is 7.08. The van der Waals surface area contributed by atoms with Crippen LogP contribution in [0.1, 0.15) is 65.0 Å². The van der Waals surface area contributed by atoms with Gasteiger partial charge in [0.15, 0.2) is 0 Å². The zero-order valence-electron chi connectivity index (χ0n) is 25.2. The molecule has 0 heterocycles. The number of benzene rings is 5. The molecule has 0 N–H and O–H groups in total. The lowest BCUT2D eigenvalue weighted by molar-refractivity contribution is 0.302. The monoisotopic (exact) mass is 638 g/mol. The minimum Gasteiger partial charge on any atom is -0.488 e. The molecule has 0 aliphatic heterocycles. The Hall–Kier alpha value is -3.50. The van der Waals surface area contributed by atoms with Crippen LogP contribution in [0.3, 0.4) is 0 Å². The Bertz CT molecular complexity index is 1780. The van der Waals surface area contributed by atoms with Gasteiger partial charge in [-0.25, -0.2) is 8.78 Å². The van der Waals surface area contributed by atoms with Gasteiger partial charge in [0, 0.05) is 15.8 Å². The average Bonchev–Trinajstić information content (AvgIpc) is 3.00. The van der Waals surface area contributed by atoms with Crippen LogP contribution in [0.4, 0.5) is 8.78 Å². The molecule has 0 spiro atoms. The Morgan fingerprint density at radius 3 is 2.05 bits per heavy atom. The third-order valence-corrected chi connectivity index (χ3v) is 9.99. The highest BCUT2D eigenvalue weighted by atomic mass is 79.9. The molecular weight excluding hydrogens is 602 g/mol. The topological polar surface area (TPSA) is 9.23 Å². The Labute approximate surface area is 262 Å². The smallest absolute Gasteiger partial charge is 0.136 e. The lowest BCUT2D eigenvalue weighted by atomic mass is 9.82. The van der Waals surface area contributed by atoms with Crippen molar-refractivity contribution in [3.8, 4) is 28.0 Å². The number of ether oxygens (including phenoxy) is 1. The summed E-state index contributed by atoms with van der Waals surface area (Å²) in [5.41, 5.74) is 10.6. The maximum atomic E-state index is 14.5. The standard InChI is InChI=1S/C39H37BrF2O/c1-23-17-30(29-9-13-34(40)14-10-29)11-15-35(23)32-18-24(2)39(25(3)19-32)43-22-27-5-7-28(8-6-27)31-12-16-36-33(20-31)21-37(41)26(4)38(36)42/h5-8,11-12,15-21,29,34H,9-10,13-14,22H2,1-4H3. The zero-order valence-corrected chi connectivity index (χ0v) is 26.8. The highest BCUT2D eigenvalue weighted by Gasteiger charge is 2.21. The average molecular weight is 640 g/mol. The zero-order chi connectivity index (χ0) is 30.2. The molecule has 0 amide bonds. The van der Waals surface area contributed by atoms with Gasteiger partial charge in [0.1, 0.15) is 24.0 Å². The van der Waals surface area contributed by atoms with E-state index in [1.165, 1.54) is 60.9 Å². The highest BCUT2D eigenvalue weighted by molar-refractivity contribution is 9.09. The van der Waals surface area contributed by atoms with Gasteiger partial charge >= 0.3 is 0 Å². The summed E-state index contributed by atoms with van der Waals surface area (Å²) < 4.78 is 35.0. The number of hydrogen-bond donors (Lipinski definition) is 0. The predicted octanol–water partition coefficient (Wildman–Crippen LogP) is 11.7. The third kappa shape index (κ3) is 6.13. The fraction of sp³-hybridized carbons (Fsp3) is 0.282. The van der Waals surface area contributed by atoms with E-state index in [9.17, 15) is 8.78 Å². The molecule has 0 atom stereocenters. The molecule has 0 saturated heterocycles. The van der Waals surface area contributed by atoms with Crippen molar-refractivity contribution in [2.24, 2.45) is 0 Å². The van der Waals surface area contributed by atoms with Gasteiger partial charge in [0.25, 0.3) is 0 Å². The summed E-state index contributed by atoms with van der Waals surface area (Å²) in [5, 5.41) is 0.993. The summed E-state index contributed by atoms with van der Waals surface area (Å²) in [6, 6.07) is 26.5. The molecule has 0 unspecified atom stereocenters. The molecule has 5 aromatic carbocycles. The van der Waals surface area contributed by atoms with Gasteiger partial charge in [-0.3, -0.25) is 0 Å². The number of fused-ring (bicyclic) bond motifs is 1. The second kappa shape index (κ2) is 12.2. The molecule has 220 valence electrons. The summed E-state index contributed by atoms with van der Waals surface area (Å²) in [7, 11) is 0. The van der Waals surface area contributed by atoms with E-state index in [1.54, 1.807) is 6.07 Å². The quantitative estimate of drug-likeness (QED) is 0.168. The first-order valence-corrected chi connectivity index (χ1v) is 16.1. The minimum absolute atomic E-state index is 0.0526. The highest BCUT2D eigenvalue weighted by Crippen LogP contribution is 2.38. The molecule has 1 aliphatic carbocycles. The van der Waals surface area contributed by atoms with Crippen molar-refractivity contribution in [1.82, 2.24) is 0 Å². The Morgan fingerprint density at radius 2 is 1.37 bits per heavy atom.